The van der Waals surface area contributed by atoms with E-state index in [1.807, 2.05) is 25.1 Å². The summed E-state index contributed by atoms with van der Waals surface area (Å²) >= 11 is 8.89. The molecule has 1 atom stereocenters. The molecule has 11 heteroatoms. The predicted octanol–water partition coefficient (Wildman–Crippen LogP) is 6.95. The van der Waals surface area contributed by atoms with E-state index in [1.54, 1.807) is 12.1 Å². The number of thiophene rings is 1. The molecule has 0 amide bonds. The Bertz CT molecular complexity index is 1120. The molecule has 0 radical (unpaired) electrons. The summed E-state index contributed by atoms with van der Waals surface area (Å²) in [5.41, 5.74) is 0.0527. The summed E-state index contributed by atoms with van der Waals surface area (Å²) < 4.78 is 56.0. The molecule has 0 spiro atoms. The molecule has 1 unspecified atom stereocenters. The number of aryl methyl sites for hydroxylation is 1. The maximum absolute atomic E-state index is 12.8. The summed E-state index contributed by atoms with van der Waals surface area (Å²) in [6, 6.07) is 13.6. The van der Waals surface area contributed by atoms with E-state index in [0.29, 0.717) is 28.2 Å². The number of thioether (sulfide) groups is 1. The SMILES string of the molecule is Cc1cc(SCC(COc2ccc(C(F)(F)F)cc2)OCc2ccc(Cl)s2)ccc1OCC(=O)O. The molecule has 5 nitrogen and oxygen atoms in total. The molecule has 1 heterocycles. The van der Waals surface area contributed by atoms with Crippen LogP contribution < -0.4 is 9.47 Å². The summed E-state index contributed by atoms with van der Waals surface area (Å²) in [5.74, 6) is 0.258. The standard InChI is InChI=1S/C24H22ClF3O5S2/c1-15-10-19(6-8-21(15)33-13-23(29)30)34-14-18(32-12-20-7-9-22(25)35-20)11-31-17-4-2-16(3-5-17)24(26,27)28/h2-10,18H,11-14H2,1H3,(H,29,30). The minimum atomic E-state index is -4.41. The number of ether oxygens (including phenoxy) is 3. The molecule has 0 aliphatic carbocycles. The summed E-state index contributed by atoms with van der Waals surface area (Å²) in [4.78, 5) is 12.6. The zero-order valence-electron chi connectivity index (χ0n) is 18.5. The minimum Gasteiger partial charge on any atom is -0.491 e. The topological polar surface area (TPSA) is 65.0 Å². The van der Waals surface area contributed by atoms with E-state index in [2.05, 4.69) is 0 Å². The fraction of sp³-hybridized carbons (Fsp3) is 0.292. The van der Waals surface area contributed by atoms with Crippen LogP contribution in [0.2, 0.25) is 4.34 Å². The molecular weight excluding hydrogens is 525 g/mol. The molecule has 3 rings (SSSR count). The summed E-state index contributed by atoms with van der Waals surface area (Å²) in [6.07, 6.45) is -4.78. The lowest BCUT2D eigenvalue weighted by Crippen LogP contribution is -2.24. The van der Waals surface area contributed by atoms with Crippen molar-refractivity contribution in [1.29, 1.82) is 0 Å². The van der Waals surface area contributed by atoms with Gasteiger partial charge in [-0.2, -0.15) is 13.2 Å². The van der Waals surface area contributed by atoms with E-state index in [4.69, 9.17) is 30.9 Å². The maximum atomic E-state index is 12.8. The van der Waals surface area contributed by atoms with Crippen molar-refractivity contribution in [3.63, 3.8) is 0 Å². The van der Waals surface area contributed by atoms with Gasteiger partial charge in [0.15, 0.2) is 6.61 Å². The number of aliphatic carboxylic acids is 1. The van der Waals surface area contributed by atoms with Crippen molar-refractivity contribution in [1.82, 2.24) is 0 Å². The van der Waals surface area contributed by atoms with Gasteiger partial charge < -0.3 is 19.3 Å². The summed E-state index contributed by atoms with van der Waals surface area (Å²) in [7, 11) is 0. The van der Waals surface area contributed by atoms with Gasteiger partial charge in [0.1, 0.15) is 24.2 Å². The van der Waals surface area contributed by atoms with Crippen LogP contribution in [0.1, 0.15) is 16.0 Å². The molecule has 2 aromatic carbocycles. The molecule has 1 N–H and O–H groups in total. The van der Waals surface area contributed by atoms with Crippen molar-refractivity contribution in [2.75, 3.05) is 19.0 Å². The number of benzene rings is 2. The number of halogens is 4. The van der Waals surface area contributed by atoms with E-state index in [1.165, 1.54) is 35.2 Å². The van der Waals surface area contributed by atoms with E-state index in [9.17, 15) is 18.0 Å². The number of carboxylic acids is 1. The van der Waals surface area contributed by atoms with Crippen molar-refractivity contribution in [3.8, 4) is 11.5 Å². The first kappa shape index (κ1) is 27.2. The average Bonchev–Trinajstić information content (AvgIpc) is 3.22. The third-order valence-corrected chi connectivity index (χ3v) is 6.97. The van der Waals surface area contributed by atoms with Crippen molar-refractivity contribution in [2.45, 2.75) is 30.7 Å². The molecule has 3 aromatic rings. The molecule has 0 bridgehead atoms. The normalized spacial score (nSPS) is 12.4. The van der Waals surface area contributed by atoms with E-state index >= 15 is 0 Å². The number of hydrogen-bond donors (Lipinski definition) is 1. The molecule has 0 aliphatic heterocycles. The van der Waals surface area contributed by atoms with Crippen molar-refractivity contribution >= 4 is 40.7 Å². The molecule has 35 heavy (non-hydrogen) atoms. The molecule has 0 aliphatic rings. The molecule has 0 saturated heterocycles. The van der Waals surface area contributed by atoms with Crippen LogP contribution in [0.3, 0.4) is 0 Å². The second kappa shape index (κ2) is 12.5. The quantitative estimate of drug-likeness (QED) is 0.248. The van der Waals surface area contributed by atoms with Crippen molar-refractivity contribution in [3.05, 3.63) is 74.9 Å². The number of carbonyl (C=O) groups is 1. The van der Waals surface area contributed by atoms with Crippen molar-refractivity contribution in [2.24, 2.45) is 0 Å². The van der Waals surface area contributed by atoms with Crippen LogP contribution in [0.4, 0.5) is 13.2 Å². The van der Waals surface area contributed by atoms with Gasteiger partial charge in [-0.1, -0.05) is 11.6 Å². The highest BCUT2D eigenvalue weighted by Crippen LogP contribution is 2.31. The van der Waals surface area contributed by atoms with Gasteiger partial charge in [0.2, 0.25) is 0 Å². The number of alkyl halides is 3. The number of hydrogen-bond acceptors (Lipinski definition) is 6. The Kier molecular flexibility index (Phi) is 9.73. The first-order chi connectivity index (χ1) is 16.6. The second-order valence-corrected chi connectivity index (χ2v) is 10.3. The Hall–Kier alpha value is -2.40. The van der Waals surface area contributed by atoms with Crippen molar-refractivity contribution < 1.29 is 37.3 Å². The van der Waals surface area contributed by atoms with Gasteiger partial charge in [-0.15, -0.1) is 23.1 Å². The monoisotopic (exact) mass is 546 g/mol. The molecule has 188 valence electrons. The third kappa shape index (κ3) is 8.96. The van der Waals surface area contributed by atoms with E-state index < -0.39 is 24.3 Å². The molecule has 0 fully saturated rings. The predicted molar refractivity (Wildman–Crippen MR) is 130 cm³/mol. The average molecular weight is 547 g/mol. The zero-order chi connectivity index (χ0) is 25.4. The van der Waals surface area contributed by atoms with Crippen LogP contribution in [0.5, 0.6) is 11.5 Å². The van der Waals surface area contributed by atoms with E-state index in [-0.39, 0.29) is 12.7 Å². The third-order valence-electron chi connectivity index (χ3n) is 4.64. The lowest BCUT2D eigenvalue weighted by molar-refractivity contribution is -0.139. The van der Waals surface area contributed by atoms with Gasteiger partial charge in [-0.25, -0.2) is 4.79 Å². The molecular formula is C24H22ClF3O5S2. The highest BCUT2D eigenvalue weighted by molar-refractivity contribution is 7.99. The van der Waals surface area contributed by atoms with Gasteiger partial charge in [-0.3, -0.25) is 0 Å². The lowest BCUT2D eigenvalue weighted by atomic mass is 10.2. The number of rotatable bonds is 12. The van der Waals surface area contributed by atoms with Crippen LogP contribution in [-0.4, -0.2) is 36.1 Å². The maximum Gasteiger partial charge on any atom is 0.416 e. The zero-order valence-corrected chi connectivity index (χ0v) is 20.9. The highest BCUT2D eigenvalue weighted by Gasteiger charge is 2.30. The van der Waals surface area contributed by atoms with Gasteiger partial charge >= 0.3 is 12.1 Å². The Morgan fingerprint density at radius 3 is 2.46 bits per heavy atom. The van der Waals surface area contributed by atoms with Crippen LogP contribution >= 0.6 is 34.7 Å². The minimum absolute atomic E-state index is 0.135. The fourth-order valence-corrected chi connectivity index (χ4v) is 4.91. The Morgan fingerprint density at radius 2 is 1.86 bits per heavy atom. The molecule has 1 aromatic heterocycles. The summed E-state index contributed by atoms with van der Waals surface area (Å²) in [5, 5.41) is 8.77. The van der Waals surface area contributed by atoms with Crippen LogP contribution in [-0.2, 0) is 22.3 Å². The van der Waals surface area contributed by atoms with Gasteiger partial charge in [0.05, 0.1) is 16.5 Å². The molecule has 0 saturated carbocycles. The Morgan fingerprint density at radius 1 is 1.11 bits per heavy atom. The lowest BCUT2D eigenvalue weighted by Gasteiger charge is -2.19. The van der Waals surface area contributed by atoms with Gasteiger partial charge in [0.25, 0.3) is 0 Å². The largest absolute Gasteiger partial charge is 0.491 e. The Balaban J connectivity index is 1.61. The summed E-state index contributed by atoms with van der Waals surface area (Å²) in [6.45, 7) is 1.86. The smallest absolute Gasteiger partial charge is 0.416 e. The van der Waals surface area contributed by atoms with E-state index in [0.717, 1.165) is 27.5 Å². The first-order valence-corrected chi connectivity index (χ1v) is 12.5. The first-order valence-electron chi connectivity index (χ1n) is 10.3. The van der Waals surface area contributed by atoms with Crippen LogP contribution in [0, 0.1) is 6.92 Å². The highest BCUT2D eigenvalue weighted by atomic mass is 35.5. The fourth-order valence-electron chi connectivity index (χ4n) is 2.91. The van der Waals surface area contributed by atoms with Crippen LogP contribution in [0.15, 0.2) is 59.5 Å². The van der Waals surface area contributed by atoms with Gasteiger partial charge in [0, 0.05) is 15.5 Å². The van der Waals surface area contributed by atoms with Crippen LogP contribution in [0.25, 0.3) is 0 Å². The second-order valence-electron chi connectivity index (χ2n) is 7.39. The number of carboxylic acid groups (broad SMARTS) is 1. The van der Waals surface area contributed by atoms with Gasteiger partial charge in [-0.05, 0) is 67.1 Å². The Labute approximate surface area is 213 Å².